The second kappa shape index (κ2) is 7.63. The predicted octanol–water partition coefficient (Wildman–Crippen LogP) is 3.12. The summed E-state index contributed by atoms with van der Waals surface area (Å²) in [6, 6.07) is 11.7. The fourth-order valence-corrected chi connectivity index (χ4v) is 4.77. The van der Waals surface area contributed by atoms with Gasteiger partial charge in [0.1, 0.15) is 16.6 Å². The molecular formula is C17H14FN3O3S2. The van der Waals surface area contributed by atoms with Gasteiger partial charge in [0.2, 0.25) is 5.91 Å². The predicted molar refractivity (Wildman–Crippen MR) is 98.1 cm³/mol. The Hall–Kier alpha value is -2.78. The summed E-state index contributed by atoms with van der Waals surface area (Å²) in [6.45, 7) is -0.573. The summed E-state index contributed by atoms with van der Waals surface area (Å²) < 4.78 is 40.9. The summed E-state index contributed by atoms with van der Waals surface area (Å²) in [5.74, 6) is -1.34. The van der Waals surface area contributed by atoms with Crippen LogP contribution in [0.3, 0.4) is 0 Å². The summed E-state index contributed by atoms with van der Waals surface area (Å²) >= 11 is 0.996. The molecule has 0 saturated carbocycles. The molecule has 0 unspecified atom stereocenters. The zero-order valence-corrected chi connectivity index (χ0v) is 15.0. The van der Waals surface area contributed by atoms with Crippen molar-refractivity contribution in [3.63, 3.8) is 0 Å². The Labute approximate surface area is 154 Å². The number of benzene rings is 1. The fourth-order valence-electron chi connectivity index (χ4n) is 2.24. The summed E-state index contributed by atoms with van der Waals surface area (Å²) in [5, 5.41) is 4.15. The monoisotopic (exact) mass is 391 g/mol. The molecule has 0 saturated heterocycles. The summed E-state index contributed by atoms with van der Waals surface area (Å²) in [4.78, 5) is 16.2. The normalized spacial score (nSPS) is 11.1. The Morgan fingerprint density at radius 2 is 1.96 bits per heavy atom. The van der Waals surface area contributed by atoms with Crippen LogP contribution in [-0.4, -0.2) is 25.9 Å². The van der Waals surface area contributed by atoms with Crippen LogP contribution in [0, 0.1) is 5.82 Å². The van der Waals surface area contributed by atoms with E-state index in [2.05, 4.69) is 10.3 Å². The molecule has 6 nitrogen and oxygen atoms in total. The molecule has 134 valence electrons. The van der Waals surface area contributed by atoms with Gasteiger partial charge in [0.25, 0.3) is 10.0 Å². The lowest BCUT2D eigenvalue weighted by Crippen LogP contribution is -2.38. The maximum Gasteiger partial charge on any atom is 0.274 e. The number of aromatic nitrogens is 1. The molecule has 0 aliphatic rings. The third-order valence-corrected chi connectivity index (χ3v) is 6.53. The van der Waals surface area contributed by atoms with Gasteiger partial charge in [0, 0.05) is 6.20 Å². The van der Waals surface area contributed by atoms with Crippen LogP contribution in [0.2, 0.25) is 0 Å². The van der Waals surface area contributed by atoms with Crippen LogP contribution >= 0.6 is 11.3 Å². The van der Waals surface area contributed by atoms with Crippen molar-refractivity contribution in [1.82, 2.24) is 4.98 Å². The number of thiophene rings is 1. The van der Waals surface area contributed by atoms with Crippen LogP contribution < -0.4 is 9.62 Å². The zero-order chi connectivity index (χ0) is 18.6. The van der Waals surface area contributed by atoms with Crippen molar-refractivity contribution in [2.75, 3.05) is 16.2 Å². The first-order valence-electron chi connectivity index (χ1n) is 7.49. The third-order valence-electron chi connectivity index (χ3n) is 3.39. The minimum Gasteiger partial charge on any atom is -0.323 e. The van der Waals surface area contributed by atoms with E-state index in [1.807, 2.05) is 0 Å². The van der Waals surface area contributed by atoms with E-state index in [4.69, 9.17) is 0 Å². The highest BCUT2D eigenvalue weighted by Gasteiger charge is 2.29. The van der Waals surface area contributed by atoms with E-state index in [0.717, 1.165) is 21.7 Å². The lowest BCUT2D eigenvalue weighted by molar-refractivity contribution is -0.114. The average Bonchev–Trinajstić information content (AvgIpc) is 3.17. The number of anilines is 2. The first-order valence-corrected chi connectivity index (χ1v) is 9.81. The van der Waals surface area contributed by atoms with Crippen molar-refractivity contribution in [2.45, 2.75) is 4.21 Å². The van der Waals surface area contributed by atoms with Crippen molar-refractivity contribution in [2.24, 2.45) is 0 Å². The van der Waals surface area contributed by atoms with Gasteiger partial charge in [-0.3, -0.25) is 14.1 Å². The van der Waals surface area contributed by atoms with E-state index in [0.29, 0.717) is 5.69 Å². The molecule has 2 aromatic heterocycles. The number of carbonyl (C=O) groups is 1. The van der Waals surface area contributed by atoms with E-state index >= 15 is 0 Å². The van der Waals surface area contributed by atoms with Crippen LogP contribution in [0.25, 0.3) is 0 Å². The average molecular weight is 391 g/mol. The lowest BCUT2D eigenvalue weighted by atomic mass is 10.3. The number of nitrogens with zero attached hydrogens (tertiary/aromatic N) is 2. The molecule has 3 rings (SSSR count). The summed E-state index contributed by atoms with van der Waals surface area (Å²) in [6.07, 6.45) is 2.97. The van der Waals surface area contributed by atoms with E-state index in [-0.39, 0.29) is 9.90 Å². The minimum absolute atomic E-state index is 0.0231. The summed E-state index contributed by atoms with van der Waals surface area (Å²) in [5.41, 5.74) is 0.224. The van der Waals surface area contributed by atoms with Crippen molar-refractivity contribution in [3.8, 4) is 0 Å². The standard InChI is InChI=1S/C17H14FN3O3S2/c18-14-6-1-2-7-15(14)21(26(23,24)17-8-4-10-25-17)12-16(22)20-13-5-3-9-19-11-13/h1-11H,12H2,(H,20,22). The number of amides is 1. The third kappa shape index (κ3) is 3.89. The molecule has 1 amide bonds. The number of carbonyl (C=O) groups excluding carboxylic acids is 1. The van der Waals surface area contributed by atoms with E-state index in [1.54, 1.807) is 29.8 Å². The van der Waals surface area contributed by atoms with Crippen LogP contribution in [0.4, 0.5) is 15.8 Å². The molecule has 0 fully saturated rings. The maximum atomic E-state index is 14.2. The number of hydrogen-bond acceptors (Lipinski definition) is 5. The Balaban J connectivity index is 1.94. The summed E-state index contributed by atoms with van der Waals surface area (Å²) in [7, 11) is -4.09. The molecule has 26 heavy (non-hydrogen) atoms. The van der Waals surface area contributed by atoms with E-state index in [9.17, 15) is 17.6 Å². The molecule has 2 heterocycles. The molecule has 0 spiro atoms. The molecule has 0 aliphatic heterocycles. The van der Waals surface area contributed by atoms with E-state index < -0.39 is 28.3 Å². The van der Waals surface area contributed by atoms with Crippen LogP contribution in [-0.2, 0) is 14.8 Å². The molecule has 0 atom stereocenters. The second-order valence-electron chi connectivity index (χ2n) is 5.19. The van der Waals surface area contributed by atoms with Crippen molar-refractivity contribution in [3.05, 3.63) is 72.1 Å². The molecule has 0 bridgehead atoms. The first-order chi connectivity index (χ1) is 12.5. The highest BCUT2D eigenvalue weighted by molar-refractivity contribution is 7.94. The quantitative estimate of drug-likeness (QED) is 0.700. The van der Waals surface area contributed by atoms with Crippen molar-refractivity contribution < 1.29 is 17.6 Å². The van der Waals surface area contributed by atoms with Gasteiger partial charge in [-0.1, -0.05) is 18.2 Å². The zero-order valence-electron chi connectivity index (χ0n) is 13.4. The van der Waals surface area contributed by atoms with Crippen LogP contribution in [0.1, 0.15) is 0 Å². The number of halogens is 1. The van der Waals surface area contributed by atoms with Crippen molar-refractivity contribution >= 4 is 38.6 Å². The lowest BCUT2D eigenvalue weighted by Gasteiger charge is -2.23. The molecule has 0 radical (unpaired) electrons. The first kappa shape index (κ1) is 18.0. The molecule has 3 aromatic rings. The van der Waals surface area contributed by atoms with Crippen molar-refractivity contribution in [1.29, 1.82) is 0 Å². The number of rotatable bonds is 6. The number of pyridine rings is 1. The smallest absolute Gasteiger partial charge is 0.274 e. The Bertz CT molecular complexity index is 993. The van der Waals surface area contributed by atoms with Gasteiger partial charge in [-0.15, -0.1) is 11.3 Å². The van der Waals surface area contributed by atoms with Gasteiger partial charge < -0.3 is 5.32 Å². The Morgan fingerprint density at radius 3 is 2.62 bits per heavy atom. The molecule has 9 heteroatoms. The highest BCUT2D eigenvalue weighted by atomic mass is 32.2. The second-order valence-corrected chi connectivity index (χ2v) is 8.22. The van der Waals surface area contributed by atoms with E-state index in [1.165, 1.54) is 30.5 Å². The van der Waals surface area contributed by atoms with Crippen LogP contribution in [0.15, 0.2) is 70.5 Å². The SMILES string of the molecule is O=C(CN(c1ccccc1F)S(=O)(=O)c1cccs1)Nc1cccnc1. The largest absolute Gasteiger partial charge is 0.323 e. The fraction of sp³-hybridized carbons (Fsp3) is 0.0588. The van der Waals surface area contributed by atoms with Gasteiger partial charge in [-0.05, 0) is 35.7 Å². The van der Waals surface area contributed by atoms with Gasteiger partial charge in [-0.2, -0.15) is 0 Å². The number of sulfonamides is 1. The minimum atomic E-state index is -4.09. The topological polar surface area (TPSA) is 79.4 Å². The highest BCUT2D eigenvalue weighted by Crippen LogP contribution is 2.28. The molecule has 1 aromatic carbocycles. The van der Waals surface area contributed by atoms with Crippen LogP contribution in [0.5, 0.6) is 0 Å². The van der Waals surface area contributed by atoms with Gasteiger partial charge in [0.15, 0.2) is 0 Å². The molecule has 0 aliphatic carbocycles. The maximum absolute atomic E-state index is 14.2. The number of nitrogens with one attached hydrogen (secondary N) is 1. The Morgan fingerprint density at radius 1 is 1.15 bits per heavy atom. The number of para-hydroxylation sites is 1. The van der Waals surface area contributed by atoms with Gasteiger partial charge in [-0.25, -0.2) is 12.8 Å². The Kier molecular flexibility index (Phi) is 5.29. The van der Waals surface area contributed by atoms with Gasteiger partial charge in [0.05, 0.1) is 17.6 Å². The number of hydrogen-bond donors (Lipinski definition) is 1. The molecule has 1 N–H and O–H groups in total. The molecular weight excluding hydrogens is 377 g/mol. The van der Waals surface area contributed by atoms with Gasteiger partial charge >= 0.3 is 0 Å².